The van der Waals surface area contributed by atoms with Crippen molar-refractivity contribution in [2.45, 2.75) is 13.5 Å². The highest BCUT2D eigenvalue weighted by atomic mass is 16.6. The lowest BCUT2D eigenvalue weighted by Crippen LogP contribution is -2.26. The summed E-state index contributed by atoms with van der Waals surface area (Å²) >= 11 is 0. The lowest BCUT2D eigenvalue weighted by Gasteiger charge is -2.12. The van der Waals surface area contributed by atoms with Crippen molar-refractivity contribution in [3.05, 3.63) is 105 Å². The normalized spacial score (nSPS) is 10.2. The fourth-order valence-electron chi connectivity index (χ4n) is 2.92. The number of carbonyl (C=O) groups is 3. The van der Waals surface area contributed by atoms with Crippen LogP contribution in [0, 0.1) is 17.0 Å². The Hall–Kier alpha value is -4.53. The van der Waals surface area contributed by atoms with Gasteiger partial charge in [-0.1, -0.05) is 48.0 Å². The summed E-state index contributed by atoms with van der Waals surface area (Å²) in [6.07, 6.45) is 0. The largest absolute Gasteiger partial charge is 0.452 e. The second-order valence-corrected chi connectivity index (χ2v) is 7.15. The molecule has 3 aromatic carbocycles. The standard InChI is InChI=1S/C24H21N3O6/c1-16-9-11-17(12-10-16)14-25-23(29)20-7-2-3-8-21(20)26-22(28)15-33-24(30)18-5-4-6-19(13-18)27(31)32/h2-13H,14-15H2,1H3,(H,25,29)(H,26,28). The van der Waals surface area contributed by atoms with Gasteiger partial charge in [0.25, 0.3) is 17.5 Å². The minimum atomic E-state index is -0.877. The van der Waals surface area contributed by atoms with Crippen molar-refractivity contribution < 1.29 is 24.0 Å². The molecule has 2 N–H and O–H groups in total. The van der Waals surface area contributed by atoms with Gasteiger partial charge >= 0.3 is 5.97 Å². The van der Waals surface area contributed by atoms with E-state index in [9.17, 15) is 24.5 Å². The molecule has 9 nitrogen and oxygen atoms in total. The minimum Gasteiger partial charge on any atom is -0.452 e. The van der Waals surface area contributed by atoms with Crippen LogP contribution in [0.1, 0.15) is 31.8 Å². The highest BCUT2D eigenvalue weighted by Gasteiger charge is 2.16. The van der Waals surface area contributed by atoms with Crippen LogP contribution in [0.4, 0.5) is 11.4 Å². The van der Waals surface area contributed by atoms with Crippen molar-refractivity contribution in [1.82, 2.24) is 5.32 Å². The maximum Gasteiger partial charge on any atom is 0.338 e. The molecule has 33 heavy (non-hydrogen) atoms. The van der Waals surface area contributed by atoms with Gasteiger partial charge in [0.15, 0.2) is 6.61 Å². The number of non-ortho nitro benzene ring substituents is 1. The maximum atomic E-state index is 12.6. The number of hydrogen-bond donors (Lipinski definition) is 2. The molecule has 0 heterocycles. The van der Waals surface area contributed by atoms with E-state index >= 15 is 0 Å². The molecule has 168 valence electrons. The van der Waals surface area contributed by atoms with E-state index in [0.29, 0.717) is 6.54 Å². The summed E-state index contributed by atoms with van der Waals surface area (Å²) < 4.78 is 4.94. The number of anilines is 1. The first kappa shape index (κ1) is 23.1. The molecule has 0 radical (unpaired) electrons. The number of para-hydroxylation sites is 1. The number of esters is 1. The number of carbonyl (C=O) groups excluding carboxylic acids is 3. The quantitative estimate of drug-likeness (QED) is 0.308. The number of nitro groups is 1. The van der Waals surface area contributed by atoms with Crippen LogP contribution in [-0.4, -0.2) is 29.3 Å². The third-order valence-electron chi connectivity index (χ3n) is 4.65. The zero-order chi connectivity index (χ0) is 23.8. The summed E-state index contributed by atoms with van der Waals surface area (Å²) in [6.45, 7) is 1.67. The molecular formula is C24H21N3O6. The second-order valence-electron chi connectivity index (χ2n) is 7.15. The molecular weight excluding hydrogens is 426 g/mol. The molecule has 3 rings (SSSR count). The van der Waals surface area contributed by atoms with Crippen molar-refractivity contribution >= 4 is 29.2 Å². The monoisotopic (exact) mass is 447 g/mol. The lowest BCUT2D eigenvalue weighted by atomic mass is 10.1. The Balaban J connectivity index is 1.58. The van der Waals surface area contributed by atoms with Crippen LogP contribution in [0.15, 0.2) is 72.8 Å². The zero-order valence-electron chi connectivity index (χ0n) is 17.7. The van der Waals surface area contributed by atoms with Gasteiger partial charge in [0, 0.05) is 18.7 Å². The van der Waals surface area contributed by atoms with Crippen molar-refractivity contribution in [2.24, 2.45) is 0 Å². The third-order valence-corrected chi connectivity index (χ3v) is 4.65. The summed E-state index contributed by atoms with van der Waals surface area (Å²) in [5.41, 5.74) is 2.25. The molecule has 0 aliphatic rings. The SMILES string of the molecule is Cc1ccc(CNC(=O)c2ccccc2NC(=O)COC(=O)c2cccc([N+](=O)[O-])c2)cc1. The Morgan fingerprint density at radius 3 is 2.42 bits per heavy atom. The number of rotatable bonds is 8. The molecule has 0 unspecified atom stereocenters. The number of nitrogens with zero attached hydrogens (tertiary/aromatic N) is 1. The molecule has 0 fully saturated rings. The molecule has 0 aliphatic heterocycles. The van der Waals surface area contributed by atoms with Gasteiger partial charge < -0.3 is 15.4 Å². The van der Waals surface area contributed by atoms with E-state index in [-0.39, 0.29) is 28.4 Å². The fourth-order valence-corrected chi connectivity index (χ4v) is 2.92. The van der Waals surface area contributed by atoms with Crippen LogP contribution >= 0.6 is 0 Å². The van der Waals surface area contributed by atoms with E-state index < -0.39 is 23.4 Å². The maximum absolute atomic E-state index is 12.6. The average Bonchev–Trinajstić information content (AvgIpc) is 2.82. The van der Waals surface area contributed by atoms with E-state index in [1.165, 1.54) is 18.2 Å². The van der Waals surface area contributed by atoms with Crippen molar-refractivity contribution in [3.8, 4) is 0 Å². The van der Waals surface area contributed by atoms with E-state index in [0.717, 1.165) is 17.2 Å². The van der Waals surface area contributed by atoms with Gasteiger partial charge in [-0.3, -0.25) is 19.7 Å². The van der Waals surface area contributed by atoms with E-state index in [2.05, 4.69) is 10.6 Å². The third kappa shape index (κ3) is 6.47. The van der Waals surface area contributed by atoms with E-state index in [1.807, 2.05) is 31.2 Å². The Morgan fingerprint density at radius 2 is 1.70 bits per heavy atom. The first-order valence-corrected chi connectivity index (χ1v) is 9.97. The summed E-state index contributed by atoms with van der Waals surface area (Å²) in [5.74, 6) is -1.91. The van der Waals surface area contributed by atoms with Crippen molar-refractivity contribution in [2.75, 3.05) is 11.9 Å². The molecule has 0 aliphatic carbocycles. The predicted molar refractivity (Wildman–Crippen MR) is 121 cm³/mol. The molecule has 0 spiro atoms. The number of ether oxygens (including phenoxy) is 1. The number of amides is 2. The van der Waals surface area contributed by atoms with Crippen LogP contribution in [-0.2, 0) is 16.1 Å². The minimum absolute atomic E-state index is 0.0483. The van der Waals surface area contributed by atoms with Crippen LogP contribution in [0.3, 0.4) is 0 Å². The van der Waals surface area contributed by atoms with Crippen molar-refractivity contribution in [1.29, 1.82) is 0 Å². The van der Waals surface area contributed by atoms with Gasteiger partial charge in [-0.25, -0.2) is 4.79 Å². The molecule has 3 aromatic rings. The smallest absolute Gasteiger partial charge is 0.338 e. The summed E-state index contributed by atoms with van der Waals surface area (Å²) in [4.78, 5) is 47.2. The molecule has 0 saturated carbocycles. The molecule has 0 bridgehead atoms. The van der Waals surface area contributed by atoms with Gasteiger partial charge in [-0.2, -0.15) is 0 Å². The Morgan fingerprint density at radius 1 is 0.970 bits per heavy atom. The van der Waals surface area contributed by atoms with Crippen LogP contribution in [0.25, 0.3) is 0 Å². The van der Waals surface area contributed by atoms with Crippen molar-refractivity contribution in [3.63, 3.8) is 0 Å². The lowest BCUT2D eigenvalue weighted by molar-refractivity contribution is -0.384. The van der Waals surface area contributed by atoms with Gasteiger partial charge in [-0.05, 0) is 30.7 Å². The Kier molecular flexibility index (Phi) is 7.48. The topological polar surface area (TPSA) is 128 Å². The second kappa shape index (κ2) is 10.7. The number of aryl methyl sites for hydroxylation is 1. The number of hydrogen-bond acceptors (Lipinski definition) is 6. The summed E-state index contributed by atoms with van der Waals surface area (Å²) in [7, 11) is 0. The van der Waals surface area contributed by atoms with Crippen LogP contribution in [0.2, 0.25) is 0 Å². The Labute approximate surface area is 189 Å². The zero-order valence-corrected chi connectivity index (χ0v) is 17.7. The molecule has 9 heteroatoms. The average molecular weight is 447 g/mol. The number of nitrogens with one attached hydrogen (secondary N) is 2. The van der Waals surface area contributed by atoms with Gasteiger partial charge in [0.1, 0.15) is 0 Å². The predicted octanol–water partition coefficient (Wildman–Crippen LogP) is 3.63. The Bertz CT molecular complexity index is 1190. The van der Waals surface area contributed by atoms with E-state index in [1.54, 1.807) is 24.3 Å². The van der Waals surface area contributed by atoms with Gasteiger partial charge in [-0.15, -0.1) is 0 Å². The highest BCUT2D eigenvalue weighted by molar-refractivity contribution is 6.04. The fraction of sp³-hybridized carbons (Fsp3) is 0.125. The van der Waals surface area contributed by atoms with Crippen LogP contribution < -0.4 is 10.6 Å². The molecule has 0 saturated heterocycles. The highest BCUT2D eigenvalue weighted by Crippen LogP contribution is 2.16. The number of nitro benzene ring substituents is 1. The molecule has 0 atom stereocenters. The van der Waals surface area contributed by atoms with Crippen LogP contribution in [0.5, 0.6) is 0 Å². The first-order chi connectivity index (χ1) is 15.8. The molecule has 2 amide bonds. The first-order valence-electron chi connectivity index (χ1n) is 9.97. The molecule has 0 aromatic heterocycles. The summed E-state index contributed by atoms with van der Waals surface area (Å²) in [5, 5.41) is 16.2. The van der Waals surface area contributed by atoms with Gasteiger partial charge in [0.2, 0.25) is 0 Å². The number of benzene rings is 3. The van der Waals surface area contributed by atoms with Gasteiger partial charge in [0.05, 0.1) is 21.7 Å². The van der Waals surface area contributed by atoms with E-state index in [4.69, 9.17) is 4.74 Å². The summed E-state index contributed by atoms with van der Waals surface area (Å²) in [6, 6.07) is 19.2.